The van der Waals surface area contributed by atoms with E-state index in [0.29, 0.717) is 0 Å². The fourth-order valence-electron chi connectivity index (χ4n) is 2.49. The van der Waals surface area contributed by atoms with Crippen LogP contribution in [0.3, 0.4) is 0 Å². The van der Waals surface area contributed by atoms with Crippen LogP contribution in [0.4, 0.5) is 0 Å². The summed E-state index contributed by atoms with van der Waals surface area (Å²) in [6.07, 6.45) is 2.89. The van der Waals surface area contributed by atoms with Gasteiger partial charge in [0.2, 0.25) is 0 Å². The van der Waals surface area contributed by atoms with Crippen LogP contribution in [-0.4, -0.2) is 24.7 Å². The lowest BCUT2D eigenvalue weighted by Gasteiger charge is -2.09. The molecule has 1 aromatic carbocycles. The molecule has 1 fully saturated rings. The van der Waals surface area contributed by atoms with Gasteiger partial charge in [-0.25, -0.2) is 0 Å². The lowest BCUT2D eigenvalue weighted by atomic mass is 10.3. The number of methoxy groups -OCH3 is 2. The molecule has 0 atom stereocenters. The molecule has 118 valence electrons. The average molecular weight is 320 g/mol. The summed E-state index contributed by atoms with van der Waals surface area (Å²) in [5, 5.41) is 0. The van der Waals surface area contributed by atoms with Crippen molar-refractivity contribution in [3.8, 4) is 11.5 Å². The van der Waals surface area contributed by atoms with Crippen LogP contribution in [-0.2, 0) is 11.3 Å². The Kier molecular flexibility index (Phi) is 4.20. The van der Waals surface area contributed by atoms with Gasteiger partial charge in [0.05, 0.1) is 14.2 Å². The summed E-state index contributed by atoms with van der Waals surface area (Å²) in [4.78, 5) is 17.2. The van der Waals surface area contributed by atoms with Crippen molar-refractivity contribution in [1.82, 2.24) is 4.57 Å². The highest BCUT2D eigenvalue weighted by Gasteiger charge is 2.29. The number of aryl methyl sites for hydroxylation is 1. The average Bonchev–Trinajstić information content (AvgIpc) is 3.32. The van der Waals surface area contributed by atoms with Crippen molar-refractivity contribution in [3.63, 3.8) is 0 Å². The van der Waals surface area contributed by atoms with Crippen molar-refractivity contribution in [2.24, 2.45) is 10.9 Å². The predicted octanol–water partition coefficient (Wildman–Crippen LogP) is 2.97. The predicted molar refractivity (Wildman–Crippen MR) is 86.5 cm³/mol. The first-order valence-electron chi connectivity index (χ1n) is 7.52. The van der Waals surface area contributed by atoms with Crippen LogP contribution in [0.15, 0.2) is 17.1 Å². The van der Waals surface area contributed by atoms with E-state index in [1.807, 2.05) is 12.1 Å². The van der Waals surface area contributed by atoms with Crippen molar-refractivity contribution >= 4 is 27.5 Å². The van der Waals surface area contributed by atoms with E-state index in [-0.39, 0.29) is 11.8 Å². The third-order valence-electron chi connectivity index (χ3n) is 3.77. The highest BCUT2D eigenvalue weighted by molar-refractivity contribution is 7.16. The fraction of sp³-hybridized carbons (Fsp3) is 0.500. The van der Waals surface area contributed by atoms with Gasteiger partial charge in [-0.15, -0.1) is 0 Å². The number of thiazole rings is 1. The zero-order chi connectivity index (χ0) is 15.7. The summed E-state index contributed by atoms with van der Waals surface area (Å²) in [6, 6.07) is 3.78. The Morgan fingerprint density at radius 1 is 1.32 bits per heavy atom. The molecular weight excluding hydrogens is 300 g/mol. The Labute approximate surface area is 133 Å². The second-order valence-corrected chi connectivity index (χ2v) is 6.39. The number of carbonyl (C=O) groups is 1. The summed E-state index contributed by atoms with van der Waals surface area (Å²) in [5.41, 5.74) is 0.955. The Bertz CT molecular complexity index is 772. The van der Waals surface area contributed by atoms with E-state index in [1.54, 1.807) is 14.2 Å². The van der Waals surface area contributed by atoms with E-state index in [2.05, 4.69) is 16.5 Å². The Morgan fingerprint density at radius 3 is 2.59 bits per heavy atom. The van der Waals surface area contributed by atoms with Gasteiger partial charge in [-0.05, 0) is 31.4 Å². The zero-order valence-electron chi connectivity index (χ0n) is 13.1. The van der Waals surface area contributed by atoms with Crippen LogP contribution in [0.1, 0.15) is 26.2 Å². The van der Waals surface area contributed by atoms with Crippen molar-refractivity contribution in [3.05, 3.63) is 16.9 Å². The summed E-state index contributed by atoms with van der Waals surface area (Å²) in [6.45, 7) is 2.90. The molecule has 5 nitrogen and oxygen atoms in total. The van der Waals surface area contributed by atoms with E-state index in [0.717, 1.165) is 52.3 Å². The minimum atomic E-state index is -0.00524. The Balaban J connectivity index is 2.27. The quantitative estimate of drug-likeness (QED) is 0.851. The lowest BCUT2D eigenvalue weighted by molar-refractivity contribution is -0.119. The molecule has 1 aliphatic rings. The number of hydrogen-bond donors (Lipinski definition) is 0. The van der Waals surface area contributed by atoms with Gasteiger partial charge in [-0.1, -0.05) is 18.3 Å². The van der Waals surface area contributed by atoms with Gasteiger partial charge in [0, 0.05) is 12.5 Å². The topological polar surface area (TPSA) is 52.8 Å². The van der Waals surface area contributed by atoms with Gasteiger partial charge in [0.15, 0.2) is 4.80 Å². The molecule has 0 bridgehead atoms. The monoisotopic (exact) mass is 320 g/mol. The highest BCUT2D eigenvalue weighted by Crippen LogP contribution is 2.35. The molecule has 2 aromatic rings. The van der Waals surface area contributed by atoms with Crippen LogP contribution in [0.25, 0.3) is 10.2 Å². The van der Waals surface area contributed by atoms with E-state index in [4.69, 9.17) is 9.47 Å². The van der Waals surface area contributed by atoms with Crippen LogP contribution in [0.5, 0.6) is 11.5 Å². The molecule has 22 heavy (non-hydrogen) atoms. The maximum absolute atomic E-state index is 12.1. The second-order valence-electron chi connectivity index (χ2n) is 5.41. The summed E-state index contributed by atoms with van der Waals surface area (Å²) in [5.74, 6) is 1.69. The first kappa shape index (κ1) is 15.1. The number of aromatic nitrogens is 1. The number of benzene rings is 1. The molecule has 0 N–H and O–H groups in total. The molecular formula is C16H20N2O3S. The molecule has 3 rings (SSSR count). The molecule has 0 radical (unpaired) electrons. The number of amides is 1. The number of fused-ring (bicyclic) bond motifs is 1. The summed E-state index contributed by atoms with van der Waals surface area (Å²) >= 11 is 1.49. The molecule has 1 amide bonds. The van der Waals surface area contributed by atoms with E-state index in [1.165, 1.54) is 11.3 Å². The normalized spacial score (nSPS) is 15.3. The maximum atomic E-state index is 12.1. The largest absolute Gasteiger partial charge is 0.495 e. The lowest BCUT2D eigenvalue weighted by Crippen LogP contribution is -2.17. The van der Waals surface area contributed by atoms with Crippen molar-refractivity contribution in [2.45, 2.75) is 32.7 Å². The standard InChI is InChI=1S/C16H20N2O3S/c1-4-9-18-13-11(20-2)7-8-12(21-3)14(13)22-16(18)17-15(19)10-5-6-10/h7-8,10H,4-6,9H2,1-3H3. The van der Waals surface area contributed by atoms with E-state index in [9.17, 15) is 4.79 Å². The fourth-order valence-corrected chi connectivity index (χ4v) is 3.66. The molecule has 0 spiro atoms. The first-order chi connectivity index (χ1) is 10.7. The van der Waals surface area contributed by atoms with Crippen molar-refractivity contribution in [1.29, 1.82) is 0 Å². The molecule has 0 unspecified atom stereocenters. The van der Waals surface area contributed by atoms with Crippen LogP contribution >= 0.6 is 11.3 Å². The summed E-state index contributed by atoms with van der Waals surface area (Å²) < 4.78 is 14.0. The third kappa shape index (κ3) is 2.63. The van der Waals surface area contributed by atoms with Gasteiger partial charge in [0.25, 0.3) is 5.91 Å². The van der Waals surface area contributed by atoms with Gasteiger partial charge in [0.1, 0.15) is 21.7 Å². The van der Waals surface area contributed by atoms with Gasteiger partial charge >= 0.3 is 0 Å². The van der Waals surface area contributed by atoms with Crippen LogP contribution in [0.2, 0.25) is 0 Å². The second kappa shape index (κ2) is 6.12. The molecule has 6 heteroatoms. The summed E-state index contributed by atoms with van der Waals surface area (Å²) in [7, 11) is 3.30. The Hall–Kier alpha value is -1.82. The number of hydrogen-bond acceptors (Lipinski definition) is 4. The number of ether oxygens (including phenoxy) is 2. The molecule has 1 aliphatic carbocycles. The number of carbonyl (C=O) groups excluding carboxylic acids is 1. The van der Waals surface area contributed by atoms with E-state index >= 15 is 0 Å². The Morgan fingerprint density at radius 2 is 2.00 bits per heavy atom. The number of rotatable bonds is 5. The molecule has 0 saturated heterocycles. The van der Waals surface area contributed by atoms with Gasteiger partial charge in [-0.3, -0.25) is 4.79 Å². The molecule has 1 heterocycles. The highest BCUT2D eigenvalue weighted by atomic mass is 32.1. The van der Waals surface area contributed by atoms with Gasteiger partial charge < -0.3 is 14.0 Å². The molecule has 1 saturated carbocycles. The van der Waals surface area contributed by atoms with Gasteiger partial charge in [-0.2, -0.15) is 4.99 Å². The SMILES string of the molecule is CCCn1c(=NC(=O)C2CC2)sc2c(OC)ccc(OC)c21. The van der Waals surface area contributed by atoms with Crippen LogP contribution < -0.4 is 14.3 Å². The third-order valence-corrected chi connectivity index (χ3v) is 4.86. The van der Waals surface area contributed by atoms with Crippen LogP contribution in [0, 0.1) is 5.92 Å². The minimum Gasteiger partial charge on any atom is -0.495 e. The first-order valence-corrected chi connectivity index (χ1v) is 8.34. The molecule has 0 aliphatic heterocycles. The number of nitrogens with zero attached hydrogens (tertiary/aromatic N) is 2. The van der Waals surface area contributed by atoms with Crippen molar-refractivity contribution < 1.29 is 14.3 Å². The maximum Gasteiger partial charge on any atom is 0.251 e. The smallest absolute Gasteiger partial charge is 0.251 e. The van der Waals surface area contributed by atoms with Crippen molar-refractivity contribution in [2.75, 3.05) is 14.2 Å². The van der Waals surface area contributed by atoms with E-state index < -0.39 is 0 Å². The zero-order valence-corrected chi connectivity index (χ0v) is 13.9. The molecule has 1 aromatic heterocycles. The minimum absolute atomic E-state index is 0.00524.